The summed E-state index contributed by atoms with van der Waals surface area (Å²) in [4.78, 5) is 13.8. The number of rotatable bonds is 7. The maximum Gasteiger partial charge on any atom is 0.221 e. The van der Waals surface area contributed by atoms with Gasteiger partial charge in [-0.2, -0.15) is 0 Å². The number of carbonyl (C=O) groups excluding carboxylic acids is 1. The van der Waals surface area contributed by atoms with Crippen LogP contribution in [0, 0.1) is 0 Å². The second-order valence-electron chi connectivity index (χ2n) is 4.77. The van der Waals surface area contributed by atoms with Gasteiger partial charge in [-0.3, -0.25) is 4.79 Å². The summed E-state index contributed by atoms with van der Waals surface area (Å²) >= 11 is 0. The highest BCUT2D eigenvalue weighted by Crippen LogP contribution is 2.05. The number of carbonyl (C=O) groups is 1. The lowest BCUT2D eigenvalue weighted by atomic mass is 10.3. The lowest BCUT2D eigenvalue weighted by molar-refractivity contribution is -0.121. The molecule has 94 valence electrons. The maximum atomic E-state index is 11.3. The molecular formula is C12H25N3O. The van der Waals surface area contributed by atoms with E-state index in [4.69, 9.17) is 0 Å². The summed E-state index contributed by atoms with van der Waals surface area (Å²) in [6.45, 7) is 9.36. The second kappa shape index (κ2) is 7.63. The van der Waals surface area contributed by atoms with E-state index in [1.54, 1.807) is 0 Å². The molecule has 1 rings (SSSR count). The van der Waals surface area contributed by atoms with Gasteiger partial charge in [0.05, 0.1) is 0 Å². The Bertz CT molecular complexity index is 200. The van der Waals surface area contributed by atoms with E-state index in [9.17, 15) is 4.79 Å². The van der Waals surface area contributed by atoms with Crippen LogP contribution in [0.25, 0.3) is 0 Å². The van der Waals surface area contributed by atoms with Crippen molar-refractivity contribution in [1.82, 2.24) is 15.5 Å². The molecule has 0 saturated carbocycles. The molecule has 1 fully saturated rings. The van der Waals surface area contributed by atoms with Gasteiger partial charge in [-0.15, -0.1) is 0 Å². The summed E-state index contributed by atoms with van der Waals surface area (Å²) in [7, 11) is 0. The van der Waals surface area contributed by atoms with E-state index in [0.717, 1.165) is 19.6 Å². The predicted molar refractivity (Wildman–Crippen MR) is 66.4 cm³/mol. The third kappa shape index (κ3) is 6.08. The summed E-state index contributed by atoms with van der Waals surface area (Å²) in [6.07, 6.45) is 3.27. The number of nitrogens with one attached hydrogen (secondary N) is 2. The van der Waals surface area contributed by atoms with Gasteiger partial charge in [0.1, 0.15) is 0 Å². The van der Waals surface area contributed by atoms with E-state index >= 15 is 0 Å². The number of amides is 1. The van der Waals surface area contributed by atoms with Crippen LogP contribution in [-0.4, -0.2) is 49.6 Å². The average Bonchev–Trinajstić information content (AvgIpc) is 2.68. The highest BCUT2D eigenvalue weighted by atomic mass is 16.1. The first-order chi connectivity index (χ1) is 7.68. The zero-order valence-electron chi connectivity index (χ0n) is 10.6. The fourth-order valence-electron chi connectivity index (χ4n) is 1.96. The first-order valence-corrected chi connectivity index (χ1v) is 6.41. The van der Waals surface area contributed by atoms with Crippen molar-refractivity contribution in [2.24, 2.45) is 0 Å². The van der Waals surface area contributed by atoms with E-state index in [0.29, 0.717) is 6.42 Å². The minimum absolute atomic E-state index is 0.142. The third-order valence-electron chi connectivity index (χ3n) is 2.78. The van der Waals surface area contributed by atoms with E-state index in [-0.39, 0.29) is 11.9 Å². The average molecular weight is 227 g/mol. The minimum Gasteiger partial charge on any atom is -0.354 e. The molecular weight excluding hydrogens is 202 g/mol. The molecule has 1 aliphatic heterocycles. The van der Waals surface area contributed by atoms with Gasteiger partial charge >= 0.3 is 0 Å². The van der Waals surface area contributed by atoms with Gasteiger partial charge in [-0.25, -0.2) is 0 Å². The molecule has 0 aromatic heterocycles. The zero-order valence-corrected chi connectivity index (χ0v) is 10.6. The van der Waals surface area contributed by atoms with Crippen molar-refractivity contribution in [3.05, 3.63) is 0 Å². The van der Waals surface area contributed by atoms with Gasteiger partial charge in [0.25, 0.3) is 0 Å². The molecule has 1 aliphatic rings. The van der Waals surface area contributed by atoms with Crippen LogP contribution in [0.1, 0.15) is 33.1 Å². The molecule has 1 saturated heterocycles. The molecule has 16 heavy (non-hydrogen) atoms. The molecule has 0 aromatic carbocycles. The van der Waals surface area contributed by atoms with Crippen molar-refractivity contribution in [3.63, 3.8) is 0 Å². The summed E-state index contributed by atoms with van der Waals surface area (Å²) in [5, 5.41) is 6.20. The molecule has 1 amide bonds. The van der Waals surface area contributed by atoms with Gasteiger partial charge in [0.15, 0.2) is 0 Å². The number of hydrogen-bond acceptors (Lipinski definition) is 3. The summed E-state index contributed by atoms with van der Waals surface area (Å²) in [5.74, 6) is 0.142. The van der Waals surface area contributed by atoms with Gasteiger partial charge in [0, 0.05) is 32.1 Å². The standard InChI is InChI=1S/C12H25N3O/c1-11(2)14-12(16)5-6-13-7-10-15-8-3-4-9-15/h11,13H,3-10H2,1-2H3,(H,14,16). The number of hydrogen-bond donors (Lipinski definition) is 2. The van der Waals surface area contributed by atoms with Crippen molar-refractivity contribution in [1.29, 1.82) is 0 Å². The maximum absolute atomic E-state index is 11.3. The third-order valence-corrected chi connectivity index (χ3v) is 2.78. The van der Waals surface area contributed by atoms with Crippen LogP contribution >= 0.6 is 0 Å². The minimum atomic E-state index is 0.142. The quantitative estimate of drug-likeness (QED) is 0.626. The molecule has 0 spiro atoms. The van der Waals surface area contributed by atoms with Crippen molar-refractivity contribution in [2.45, 2.75) is 39.2 Å². The first-order valence-electron chi connectivity index (χ1n) is 6.41. The number of nitrogens with zero attached hydrogens (tertiary/aromatic N) is 1. The van der Waals surface area contributed by atoms with Crippen LogP contribution in [0.5, 0.6) is 0 Å². The summed E-state index contributed by atoms with van der Waals surface area (Å²) in [5.41, 5.74) is 0. The van der Waals surface area contributed by atoms with Crippen LogP contribution in [0.2, 0.25) is 0 Å². The predicted octanol–water partition coefficient (Wildman–Crippen LogP) is 0.587. The van der Waals surface area contributed by atoms with Gasteiger partial charge < -0.3 is 15.5 Å². The largest absolute Gasteiger partial charge is 0.354 e. The SMILES string of the molecule is CC(C)NC(=O)CCNCCN1CCCC1. The molecule has 1 heterocycles. The van der Waals surface area contributed by atoms with Gasteiger partial charge in [0.2, 0.25) is 5.91 Å². The highest BCUT2D eigenvalue weighted by molar-refractivity contribution is 5.76. The molecule has 0 aromatic rings. The molecule has 4 heteroatoms. The van der Waals surface area contributed by atoms with Gasteiger partial charge in [-0.1, -0.05) is 0 Å². The normalized spacial score (nSPS) is 16.9. The lowest BCUT2D eigenvalue weighted by Gasteiger charge is -2.14. The highest BCUT2D eigenvalue weighted by Gasteiger charge is 2.10. The van der Waals surface area contributed by atoms with Crippen LogP contribution in [0.15, 0.2) is 0 Å². The Morgan fingerprint density at radius 3 is 2.56 bits per heavy atom. The van der Waals surface area contributed by atoms with Gasteiger partial charge in [-0.05, 0) is 39.8 Å². The van der Waals surface area contributed by atoms with E-state index < -0.39 is 0 Å². The Hall–Kier alpha value is -0.610. The van der Waals surface area contributed by atoms with Crippen LogP contribution in [0.4, 0.5) is 0 Å². The summed E-state index contributed by atoms with van der Waals surface area (Å²) < 4.78 is 0. The fourth-order valence-corrected chi connectivity index (χ4v) is 1.96. The van der Waals surface area contributed by atoms with E-state index in [1.807, 2.05) is 13.8 Å². The molecule has 0 unspecified atom stereocenters. The smallest absolute Gasteiger partial charge is 0.221 e. The Morgan fingerprint density at radius 2 is 1.94 bits per heavy atom. The van der Waals surface area contributed by atoms with Crippen molar-refractivity contribution in [2.75, 3.05) is 32.7 Å². The van der Waals surface area contributed by atoms with Crippen LogP contribution in [0.3, 0.4) is 0 Å². The van der Waals surface area contributed by atoms with E-state index in [2.05, 4.69) is 15.5 Å². The molecule has 0 bridgehead atoms. The topological polar surface area (TPSA) is 44.4 Å². The monoisotopic (exact) mass is 227 g/mol. The molecule has 0 radical (unpaired) electrons. The van der Waals surface area contributed by atoms with E-state index in [1.165, 1.54) is 25.9 Å². The van der Waals surface area contributed by atoms with Crippen LogP contribution in [-0.2, 0) is 4.79 Å². The number of likely N-dealkylation sites (tertiary alicyclic amines) is 1. The lowest BCUT2D eigenvalue weighted by Crippen LogP contribution is -2.34. The van der Waals surface area contributed by atoms with Crippen molar-refractivity contribution >= 4 is 5.91 Å². The Kier molecular flexibility index (Phi) is 6.42. The molecule has 0 aliphatic carbocycles. The zero-order chi connectivity index (χ0) is 11.8. The first kappa shape index (κ1) is 13.5. The Balaban J connectivity index is 1.89. The van der Waals surface area contributed by atoms with Crippen LogP contribution < -0.4 is 10.6 Å². The fraction of sp³-hybridized carbons (Fsp3) is 0.917. The summed E-state index contributed by atoms with van der Waals surface area (Å²) in [6, 6.07) is 0.247. The molecule has 4 nitrogen and oxygen atoms in total. The van der Waals surface area contributed by atoms with Crippen molar-refractivity contribution < 1.29 is 4.79 Å². The van der Waals surface area contributed by atoms with Crippen molar-refractivity contribution in [3.8, 4) is 0 Å². The Labute approximate surface area is 98.8 Å². The Morgan fingerprint density at radius 1 is 1.25 bits per heavy atom. The second-order valence-corrected chi connectivity index (χ2v) is 4.77. The molecule has 2 N–H and O–H groups in total. The molecule has 0 atom stereocenters.